The van der Waals surface area contributed by atoms with Crippen LogP contribution in [0.25, 0.3) is 0 Å². The molecule has 1 aliphatic heterocycles. The van der Waals surface area contributed by atoms with Crippen molar-refractivity contribution in [3.8, 4) is 0 Å². The van der Waals surface area contributed by atoms with Gasteiger partial charge < -0.3 is 14.5 Å². The van der Waals surface area contributed by atoms with Gasteiger partial charge in [-0.15, -0.1) is 0 Å². The molecule has 6 nitrogen and oxygen atoms in total. The predicted octanol–water partition coefficient (Wildman–Crippen LogP) is 2.23. The van der Waals surface area contributed by atoms with Gasteiger partial charge in [-0.1, -0.05) is 29.3 Å². The van der Waals surface area contributed by atoms with Crippen molar-refractivity contribution < 1.29 is 19.1 Å². The Balaban J connectivity index is 1.95. The molecule has 1 aliphatic rings. The van der Waals surface area contributed by atoms with Crippen LogP contribution in [0.3, 0.4) is 0 Å². The van der Waals surface area contributed by atoms with Crippen molar-refractivity contribution in [2.45, 2.75) is 20.0 Å². The lowest BCUT2D eigenvalue weighted by Gasteiger charge is -2.35. The van der Waals surface area contributed by atoms with Gasteiger partial charge in [0.25, 0.3) is 5.91 Å². The monoisotopic (exact) mass is 372 g/mol. The number of nitrogens with zero attached hydrogens (tertiary/aromatic N) is 2. The Labute approximate surface area is 150 Å². The molecule has 0 unspecified atom stereocenters. The maximum absolute atomic E-state index is 12.4. The van der Waals surface area contributed by atoms with Crippen LogP contribution in [0.15, 0.2) is 18.2 Å². The summed E-state index contributed by atoms with van der Waals surface area (Å²) < 4.78 is 5.21. The molecule has 1 atom stereocenters. The number of rotatable bonds is 3. The summed E-state index contributed by atoms with van der Waals surface area (Å²) in [6.07, 6.45) is -0.948. The molecule has 24 heavy (non-hydrogen) atoms. The van der Waals surface area contributed by atoms with E-state index >= 15 is 0 Å². The predicted molar refractivity (Wildman–Crippen MR) is 90.2 cm³/mol. The average molecular weight is 373 g/mol. The van der Waals surface area contributed by atoms with Crippen LogP contribution in [0.2, 0.25) is 10.0 Å². The van der Waals surface area contributed by atoms with Crippen LogP contribution in [0.4, 0.5) is 0 Å². The van der Waals surface area contributed by atoms with Crippen LogP contribution in [0.5, 0.6) is 0 Å². The quantitative estimate of drug-likeness (QED) is 0.763. The Hall–Kier alpha value is -1.79. The third-order valence-corrected chi connectivity index (χ3v) is 4.66. The smallest absolute Gasteiger partial charge is 0.340 e. The highest BCUT2D eigenvalue weighted by Gasteiger charge is 2.28. The minimum Gasteiger partial charge on any atom is -0.449 e. The fourth-order valence-corrected chi connectivity index (χ4v) is 2.81. The summed E-state index contributed by atoms with van der Waals surface area (Å²) in [4.78, 5) is 39.1. The lowest BCUT2D eigenvalue weighted by Crippen LogP contribution is -2.52. The van der Waals surface area contributed by atoms with Crippen LogP contribution in [0.1, 0.15) is 24.2 Å². The van der Waals surface area contributed by atoms with Gasteiger partial charge in [-0.25, -0.2) is 4.79 Å². The van der Waals surface area contributed by atoms with E-state index in [1.807, 2.05) is 0 Å². The van der Waals surface area contributed by atoms with Gasteiger partial charge in [-0.2, -0.15) is 0 Å². The molecule has 1 aromatic rings. The van der Waals surface area contributed by atoms with E-state index in [1.165, 1.54) is 19.9 Å². The van der Waals surface area contributed by atoms with Gasteiger partial charge in [-0.05, 0) is 19.1 Å². The van der Waals surface area contributed by atoms with Crippen LogP contribution in [-0.4, -0.2) is 59.9 Å². The SMILES string of the molecule is CC(=O)N1CCN(C(=O)[C@@H](C)OC(=O)c2cccc(Cl)c2Cl)CC1. The molecule has 130 valence electrons. The molecule has 0 saturated carbocycles. The summed E-state index contributed by atoms with van der Waals surface area (Å²) in [6, 6.07) is 4.63. The van der Waals surface area contributed by atoms with Crippen molar-refractivity contribution in [3.05, 3.63) is 33.8 Å². The summed E-state index contributed by atoms with van der Waals surface area (Å²) in [5.41, 5.74) is 0.116. The van der Waals surface area contributed by atoms with E-state index < -0.39 is 12.1 Å². The van der Waals surface area contributed by atoms with Gasteiger partial charge in [-0.3, -0.25) is 9.59 Å². The molecule has 0 aliphatic carbocycles. The van der Waals surface area contributed by atoms with E-state index in [9.17, 15) is 14.4 Å². The molecule has 2 amide bonds. The molecule has 8 heteroatoms. The lowest BCUT2D eigenvalue weighted by molar-refractivity contribution is -0.144. The van der Waals surface area contributed by atoms with Crippen molar-refractivity contribution in [2.24, 2.45) is 0 Å². The highest BCUT2D eigenvalue weighted by atomic mass is 35.5. The van der Waals surface area contributed by atoms with Gasteiger partial charge >= 0.3 is 5.97 Å². The van der Waals surface area contributed by atoms with Crippen LogP contribution >= 0.6 is 23.2 Å². The highest BCUT2D eigenvalue weighted by Crippen LogP contribution is 2.26. The fourth-order valence-electron chi connectivity index (χ4n) is 2.43. The Morgan fingerprint density at radius 2 is 1.67 bits per heavy atom. The van der Waals surface area contributed by atoms with E-state index in [1.54, 1.807) is 21.9 Å². The minimum atomic E-state index is -0.948. The second-order valence-electron chi connectivity index (χ2n) is 5.48. The first-order chi connectivity index (χ1) is 11.3. The number of hydrogen-bond donors (Lipinski definition) is 0. The average Bonchev–Trinajstić information content (AvgIpc) is 2.56. The molecular formula is C16H18Cl2N2O4. The number of carbonyl (C=O) groups is 3. The molecular weight excluding hydrogens is 355 g/mol. The third kappa shape index (κ3) is 4.19. The first-order valence-electron chi connectivity index (χ1n) is 7.50. The second kappa shape index (κ2) is 7.85. The van der Waals surface area contributed by atoms with Crippen molar-refractivity contribution in [1.82, 2.24) is 9.80 Å². The summed E-state index contributed by atoms with van der Waals surface area (Å²) in [5, 5.41) is 0.337. The number of carbonyl (C=O) groups excluding carboxylic acids is 3. The number of ether oxygens (including phenoxy) is 1. The highest BCUT2D eigenvalue weighted by molar-refractivity contribution is 6.43. The van der Waals surface area contributed by atoms with Gasteiger partial charge in [0, 0.05) is 33.1 Å². The fraction of sp³-hybridized carbons (Fsp3) is 0.438. The molecule has 0 radical (unpaired) electrons. The number of piperazine rings is 1. The molecule has 0 N–H and O–H groups in total. The van der Waals surface area contributed by atoms with Crippen molar-refractivity contribution in [3.63, 3.8) is 0 Å². The Morgan fingerprint density at radius 1 is 1.08 bits per heavy atom. The summed E-state index contributed by atoms with van der Waals surface area (Å²) >= 11 is 11.9. The first-order valence-corrected chi connectivity index (χ1v) is 8.26. The largest absolute Gasteiger partial charge is 0.449 e. The number of esters is 1. The van der Waals surface area contributed by atoms with Crippen molar-refractivity contribution in [1.29, 1.82) is 0 Å². The topological polar surface area (TPSA) is 66.9 Å². The third-order valence-electron chi connectivity index (χ3n) is 3.84. The Morgan fingerprint density at radius 3 is 2.25 bits per heavy atom. The standard InChI is InChI=1S/C16H18Cl2N2O4/c1-10(15(22)20-8-6-19(7-9-20)11(2)21)24-16(23)12-4-3-5-13(17)14(12)18/h3-5,10H,6-9H2,1-2H3/t10-/m1/s1. The van der Waals surface area contributed by atoms with Crippen molar-refractivity contribution >= 4 is 41.0 Å². The maximum Gasteiger partial charge on any atom is 0.340 e. The number of benzene rings is 1. The van der Waals surface area contributed by atoms with E-state index in [-0.39, 0.29) is 27.4 Å². The number of halogens is 2. The van der Waals surface area contributed by atoms with E-state index in [0.29, 0.717) is 26.2 Å². The number of hydrogen-bond acceptors (Lipinski definition) is 4. The van der Waals surface area contributed by atoms with Gasteiger partial charge in [0.05, 0.1) is 15.6 Å². The molecule has 0 spiro atoms. The van der Waals surface area contributed by atoms with E-state index in [4.69, 9.17) is 27.9 Å². The molecule has 1 saturated heterocycles. The van der Waals surface area contributed by atoms with Gasteiger partial charge in [0.1, 0.15) is 0 Å². The summed E-state index contributed by atoms with van der Waals surface area (Å²) in [7, 11) is 0. The molecule has 1 heterocycles. The van der Waals surface area contributed by atoms with Gasteiger partial charge in [0.2, 0.25) is 5.91 Å². The zero-order valence-corrected chi connectivity index (χ0v) is 14.9. The Bertz CT molecular complexity index is 657. The zero-order valence-electron chi connectivity index (χ0n) is 13.4. The summed E-state index contributed by atoms with van der Waals surface area (Å²) in [6.45, 7) is 4.78. The zero-order chi connectivity index (χ0) is 17.9. The molecule has 1 fully saturated rings. The van der Waals surface area contributed by atoms with Crippen LogP contribution < -0.4 is 0 Å². The number of amides is 2. The normalized spacial score (nSPS) is 15.8. The van der Waals surface area contributed by atoms with Crippen LogP contribution in [-0.2, 0) is 14.3 Å². The van der Waals surface area contributed by atoms with E-state index in [2.05, 4.69) is 0 Å². The second-order valence-corrected chi connectivity index (χ2v) is 6.27. The van der Waals surface area contributed by atoms with Crippen molar-refractivity contribution in [2.75, 3.05) is 26.2 Å². The van der Waals surface area contributed by atoms with E-state index in [0.717, 1.165) is 0 Å². The minimum absolute atomic E-state index is 0.0165. The molecule has 2 rings (SSSR count). The van der Waals surface area contributed by atoms with Crippen LogP contribution in [0, 0.1) is 0 Å². The Kier molecular flexibility index (Phi) is 6.07. The molecule has 1 aromatic carbocycles. The lowest BCUT2D eigenvalue weighted by atomic mass is 10.2. The first kappa shape index (κ1) is 18.5. The maximum atomic E-state index is 12.4. The molecule has 0 bridgehead atoms. The van der Waals surface area contributed by atoms with Gasteiger partial charge in [0.15, 0.2) is 6.10 Å². The molecule has 0 aromatic heterocycles. The summed E-state index contributed by atoms with van der Waals surface area (Å²) in [5.74, 6) is -1.02.